The summed E-state index contributed by atoms with van der Waals surface area (Å²) in [6.07, 6.45) is 5.47. The molecule has 2 amide bonds. The van der Waals surface area contributed by atoms with Crippen molar-refractivity contribution in [2.24, 2.45) is 11.0 Å². The molecule has 0 heterocycles. The van der Waals surface area contributed by atoms with Crippen molar-refractivity contribution in [3.63, 3.8) is 0 Å². The van der Waals surface area contributed by atoms with Gasteiger partial charge in [-0.3, -0.25) is 9.59 Å². The van der Waals surface area contributed by atoms with E-state index in [1.807, 2.05) is 32.0 Å². The van der Waals surface area contributed by atoms with Gasteiger partial charge in [-0.25, -0.2) is 5.43 Å². The molecular formula is C19H27N3O2. The van der Waals surface area contributed by atoms with E-state index in [9.17, 15) is 9.59 Å². The molecule has 2 rings (SSSR count). The first-order chi connectivity index (χ1) is 11.5. The van der Waals surface area contributed by atoms with E-state index in [1.54, 1.807) is 6.92 Å². The number of carbonyl (C=O) groups excluding carboxylic acids is 2. The topological polar surface area (TPSA) is 70.6 Å². The second kappa shape index (κ2) is 8.62. The van der Waals surface area contributed by atoms with Crippen LogP contribution in [-0.4, -0.2) is 17.5 Å². The molecule has 1 fully saturated rings. The van der Waals surface area contributed by atoms with Crippen LogP contribution in [-0.2, 0) is 9.59 Å². The van der Waals surface area contributed by atoms with Crippen molar-refractivity contribution in [1.82, 2.24) is 5.43 Å². The van der Waals surface area contributed by atoms with Gasteiger partial charge in [-0.1, -0.05) is 31.4 Å². The van der Waals surface area contributed by atoms with Gasteiger partial charge in [0, 0.05) is 17.3 Å². The number of carbonyl (C=O) groups is 2. The van der Waals surface area contributed by atoms with Crippen LogP contribution in [0.15, 0.2) is 23.3 Å². The highest BCUT2D eigenvalue weighted by atomic mass is 16.2. The lowest BCUT2D eigenvalue weighted by atomic mass is 9.89. The van der Waals surface area contributed by atoms with Crippen LogP contribution in [0.1, 0.15) is 56.6 Å². The minimum absolute atomic E-state index is 0.0241. The van der Waals surface area contributed by atoms with E-state index in [0.29, 0.717) is 5.71 Å². The fourth-order valence-corrected chi connectivity index (χ4v) is 2.96. The quantitative estimate of drug-likeness (QED) is 0.638. The minimum atomic E-state index is -0.128. The summed E-state index contributed by atoms with van der Waals surface area (Å²) in [5.74, 6) is -0.0834. The molecule has 130 valence electrons. The fraction of sp³-hybridized carbons (Fsp3) is 0.526. The second-order valence-electron chi connectivity index (χ2n) is 6.63. The Bertz CT molecular complexity index is 631. The van der Waals surface area contributed by atoms with Crippen LogP contribution in [0.25, 0.3) is 0 Å². The molecule has 24 heavy (non-hydrogen) atoms. The number of hydrogen-bond acceptors (Lipinski definition) is 3. The van der Waals surface area contributed by atoms with Crippen LogP contribution < -0.4 is 10.7 Å². The second-order valence-corrected chi connectivity index (χ2v) is 6.63. The normalized spacial score (nSPS) is 15.9. The summed E-state index contributed by atoms with van der Waals surface area (Å²) >= 11 is 0. The maximum atomic E-state index is 12.1. The molecule has 1 aliphatic carbocycles. The highest BCUT2D eigenvalue weighted by Gasteiger charge is 2.20. The lowest BCUT2D eigenvalue weighted by molar-refractivity contribution is -0.126. The lowest BCUT2D eigenvalue weighted by Gasteiger charge is -2.19. The van der Waals surface area contributed by atoms with Gasteiger partial charge in [0.25, 0.3) is 0 Å². The Morgan fingerprint density at radius 1 is 1.17 bits per heavy atom. The summed E-state index contributed by atoms with van der Waals surface area (Å²) in [4.78, 5) is 24.2. The monoisotopic (exact) mass is 329 g/mol. The minimum Gasteiger partial charge on any atom is -0.326 e. The fourth-order valence-electron chi connectivity index (χ4n) is 2.96. The van der Waals surface area contributed by atoms with Crippen LogP contribution >= 0.6 is 0 Å². The molecule has 1 aromatic rings. The Morgan fingerprint density at radius 3 is 2.58 bits per heavy atom. The average molecular weight is 329 g/mol. The van der Waals surface area contributed by atoms with Crippen molar-refractivity contribution in [3.05, 3.63) is 29.3 Å². The van der Waals surface area contributed by atoms with Gasteiger partial charge in [0.2, 0.25) is 11.8 Å². The number of nitrogens with zero attached hydrogens (tertiary/aromatic N) is 1. The van der Waals surface area contributed by atoms with E-state index < -0.39 is 0 Å². The number of benzene rings is 1. The third-order valence-electron chi connectivity index (χ3n) is 4.63. The predicted molar refractivity (Wildman–Crippen MR) is 97.0 cm³/mol. The molecule has 0 bridgehead atoms. The third kappa shape index (κ3) is 5.18. The van der Waals surface area contributed by atoms with Crippen molar-refractivity contribution in [1.29, 1.82) is 0 Å². The van der Waals surface area contributed by atoms with Gasteiger partial charge in [-0.2, -0.15) is 5.10 Å². The summed E-state index contributed by atoms with van der Waals surface area (Å²) < 4.78 is 0. The highest BCUT2D eigenvalue weighted by molar-refractivity contribution is 6.06. The number of anilines is 1. The molecule has 0 spiro atoms. The number of amides is 2. The Labute approximate surface area is 143 Å². The highest BCUT2D eigenvalue weighted by Crippen LogP contribution is 2.23. The Kier molecular flexibility index (Phi) is 6.53. The molecule has 0 aliphatic heterocycles. The van der Waals surface area contributed by atoms with Gasteiger partial charge in [0.15, 0.2) is 0 Å². The van der Waals surface area contributed by atoms with Gasteiger partial charge in [0.1, 0.15) is 0 Å². The lowest BCUT2D eigenvalue weighted by Crippen LogP contribution is -2.29. The molecule has 1 saturated carbocycles. The van der Waals surface area contributed by atoms with E-state index in [0.717, 1.165) is 42.5 Å². The van der Waals surface area contributed by atoms with Gasteiger partial charge in [-0.15, -0.1) is 0 Å². The van der Waals surface area contributed by atoms with Crippen LogP contribution in [0, 0.1) is 19.8 Å². The standard InChI is InChI=1S/C19H27N3O2/c1-13-8-7-11-17(15(13)3)20-18(23)12-14(2)21-22-19(24)16-9-5-4-6-10-16/h7-8,11,16H,4-6,9-10,12H2,1-3H3,(H,20,23)(H,22,24). The molecule has 5 heteroatoms. The van der Waals surface area contributed by atoms with Gasteiger partial charge in [0.05, 0.1) is 6.42 Å². The number of aryl methyl sites for hydroxylation is 1. The zero-order valence-corrected chi connectivity index (χ0v) is 14.8. The van der Waals surface area contributed by atoms with Gasteiger partial charge < -0.3 is 5.32 Å². The van der Waals surface area contributed by atoms with Crippen LogP contribution in [0.3, 0.4) is 0 Å². The maximum absolute atomic E-state index is 12.1. The largest absolute Gasteiger partial charge is 0.326 e. The summed E-state index contributed by atoms with van der Waals surface area (Å²) in [5.41, 5.74) is 6.23. The zero-order valence-electron chi connectivity index (χ0n) is 14.8. The molecule has 2 N–H and O–H groups in total. The molecule has 5 nitrogen and oxygen atoms in total. The molecule has 0 saturated heterocycles. The zero-order chi connectivity index (χ0) is 17.5. The third-order valence-corrected chi connectivity index (χ3v) is 4.63. The molecule has 0 atom stereocenters. The summed E-state index contributed by atoms with van der Waals surface area (Å²) in [6, 6.07) is 5.82. The Hall–Kier alpha value is -2.17. The summed E-state index contributed by atoms with van der Waals surface area (Å²) in [6.45, 7) is 5.75. The molecule has 1 aliphatic rings. The Morgan fingerprint density at radius 2 is 1.88 bits per heavy atom. The van der Waals surface area contributed by atoms with Crippen LogP contribution in [0.2, 0.25) is 0 Å². The van der Waals surface area contributed by atoms with Gasteiger partial charge >= 0.3 is 0 Å². The summed E-state index contributed by atoms with van der Waals surface area (Å²) in [5, 5.41) is 6.98. The van der Waals surface area contributed by atoms with E-state index in [4.69, 9.17) is 0 Å². The van der Waals surface area contributed by atoms with Crippen molar-refractivity contribution in [2.75, 3.05) is 5.32 Å². The molecule has 0 aromatic heterocycles. The number of nitrogens with one attached hydrogen (secondary N) is 2. The van der Waals surface area contributed by atoms with E-state index >= 15 is 0 Å². The first-order valence-electron chi connectivity index (χ1n) is 8.66. The smallest absolute Gasteiger partial charge is 0.243 e. The number of rotatable bonds is 5. The SMILES string of the molecule is CC(CC(=O)Nc1cccc(C)c1C)=NNC(=O)C1CCCCC1. The predicted octanol–water partition coefficient (Wildman–Crippen LogP) is 3.70. The number of hydrazone groups is 1. The van der Waals surface area contributed by atoms with E-state index in [1.165, 1.54) is 6.42 Å². The average Bonchev–Trinajstić information content (AvgIpc) is 2.57. The van der Waals surface area contributed by atoms with Crippen molar-refractivity contribution in [3.8, 4) is 0 Å². The first kappa shape index (κ1) is 18.2. The van der Waals surface area contributed by atoms with Crippen molar-refractivity contribution in [2.45, 2.75) is 59.3 Å². The van der Waals surface area contributed by atoms with E-state index in [2.05, 4.69) is 15.8 Å². The molecular weight excluding hydrogens is 302 g/mol. The first-order valence-corrected chi connectivity index (χ1v) is 8.66. The maximum Gasteiger partial charge on any atom is 0.243 e. The van der Waals surface area contributed by atoms with E-state index in [-0.39, 0.29) is 24.2 Å². The molecule has 0 unspecified atom stereocenters. The molecule has 0 radical (unpaired) electrons. The number of hydrogen-bond donors (Lipinski definition) is 2. The van der Waals surface area contributed by atoms with Crippen molar-refractivity contribution < 1.29 is 9.59 Å². The van der Waals surface area contributed by atoms with Crippen LogP contribution in [0.5, 0.6) is 0 Å². The van der Waals surface area contributed by atoms with Crippen LogP contribution in [0.4, 0.5) is 5.69 Å². The van der Waals surface area contributed by atoms with Gasteiger partial charge in [-0.05, 0) is 50.8 Å². The Balaban J connectivity index is 1.84. The summed E-state index contributed by atoms with van der Waals surface area (Å²) in [7, 11) is 0. The molecule has 1 aromatic carbocycles. The van der Waals surface area contributed by atoms with Crippen molar-refractivity contribution >= 4 is 23.2 Å².